The van der Waals surface area contributed by atoms with Crippen LogP contribution in [-0.2, 0) is 4.79 Å². The molecule has 3 aromatic rings. The van der Waals surface area contributed by atoms with Crippen molar-refractivity contribution in [1.82, 2.24) is 15.3 Å². The maximum atomic E-state index is 12.7. The minimum atomic E-state index is -0.671. The number of thiazole rings is 1. The number of halogens is 1. The molecule has 0 radical (unpaired) electrons. The fourth-order valence-electron chi connectivity index (χ4n) is 2.57. The highest BCUT2D eigenvalue weighted by Gasteiger charge is 2.22. The van der Waals surface area contributed by atoms with Gasteiger partial charge in [-0.15, -0.1) is 11.3 Å². The summed E-state index contributed by atoms with van der Waals surface area (Å²) < 4.78 is 0. The molecule has 7 nitrogen and oxygen atoms in total. The quantitative estimate of drug-likeness (QED) is 0.554. The summed E-state index contributed by atoms with van der Waals surface area (Å²) in [4.78, 5) is 33.2. The van der Waals surface area contributed by atoms with Crippen LogP contribution in [0.25, 0.3) is 21.8 Å². The lowest BCUT2D eigenvalue weighted by molar-refractivity contribution is -0.114. The van der Waals surface area contributed by atoms with Gasteiger partial charge in [-0.1, -0.05) is 29.8 Å². The molecule has 0 saturated carbocycles. The predicted molar refractivity (Wildman–Crippen MR) is 114 cm³/mol. The molecule has 3 rings (SSSR count). The van der Waals surface area contributed by atoms with Crippen molar-refractivity contribution in [2.24, 2.45) is 0 Å². The molecule has 0 fully saturated rings. The van der Waals surface area contributed by atoms with Crippen LogP contribution in [0.4, 0.5) is 5.82 Å². The fourth-order valence-corrected chi connectivity index (χ4v) is 3.78. The third-order valence-electron chi connectivity index (χ3n) is 3.83. The van der Waals surface area contributed by atoms with E-state index in [1.807, 2.05) is 6.07 Å². The molecule has 0 aliphatic carbocycles. The number of carbonyl (C=O) groups is 2. The normalized spacial score (nSPS) is 11.7. The molecular weight excluding hydrogens is 412 g/mol. The molecule has 0 saturated heterocycles. The monoisotopic (exact) mass is 430 g/mol. The molecule has 0 spiro atoms. The zero-order valence-corrected chi connectivity index (χ0v) is 17.3. The second kappa shape index (κ2) is 9.13. The summed E-state index contributed by atoms with van der Waals surface area (Å²) in [5.74, 6) is -0.186. The van der Waals surface area contributed by atoms with E-state index in [4.69, 9.17) is 11.6 Å². The predicted octanol–water partition coefficient (Wildman–Crippen LogP) is 3.59. The maximum absolute atomic E-state index is 12.7. The topological polar surface area (TPSA) is 104 Å². The fraction of sp³-hybridized carbons (Fsp3) is 0.200. The number of pyridine rings is 1. The van der Waals surface area contributed by atoms with Gasteiger partial charge in [0.15, 0.2) is 0 Å². The van der Waals surface area contributed by atoms with Crippen molar-refractivity contribution < 1.29 is 14.7 Å². The number of aromatic nitrogens is 2. The largest absolute Gasteiger partial charge is 0.392 e. The smallest absolute Gasteiger partial charge is 0.263 e. The average Bonchev–Trinajstić information content (AvgIpc) is 3.11. The Labute approximate surface area is 176 Å². The van der Waals surface area contributed by atoms with E-state index in [9.17, 15) is 14.7 Å². The third kappa shape index (κ3) is 5.17. The molecule has 1 aromatic carbocycles. The molecule has 150 valence electrons. The van der Waals surface area contributed by atoms with Crippen LogP contribution in [0.2, 0.25) is 5.02 Å². The lowest BCUT2D eigenvalue weighted by Crippen LogP contribution is -2.30. The number of hydrogen-bond acceptors (Lipinski definition) is 6. The number of amides is 2. The third-order valence-corrected chi connectivity index (χ3v) is 5.26. The second-order valence-corrected chi connectivity index (χ2v) is 7.75. The molecule has 1 atom stereocenters. The van der Waals surface area contributed by atoms with Crippen LogP contribution in [0.3, 0.4) is 0 Å². The molecule has 2 heterocycles. The summed E-state index contributed by atoms with van der Waals surface area (Å²) in [6.45, 7) is 3.11. The molecule has 2 aromatic heterocycles. The van der Waals surface area contributed by atoms with Gasteiger partial charge in [0, 0.05) is 30.8 Å². The van der Waals surface area contributed by atoms with E-state index < -0.39 is 6.10 Å². The zero-order chi connectivity index (χ0) is 21.0. The molecule has 0 bridgehead atoms. The number of rotatable bonds is 6. The van der Waals surface area contributed by atoms with E-state index in [1.54, 1.807) is 43.5 Å². The van der Waals surface area contributed by atoms with Gasteiger partial charge in [-0.3, -0.25) is 9.59 Å². The van der Waals surface area contributed by atoms with Crippen LogP contribution in [0.15, 0.2) is 42.6 Å². The van der Waals surface area contributed by atoms with Gasteiger partial charge in [-0.2, -0.15) is 0 Å². The highest BCUT2D eigenvalue weighted by atomic mass is 35.5. The first kappa shape index (κ1) is 20.9. The number of aliphatic hydroxyl groups excluding tert-OH is 1. The van der Waals surface area contributed by atoms with E-state index in [0.717, 1.165) is 0 Å². The number of aliphatic hydroxyl groups is 1. The number of benzene rings is 1. The highest BCUT2D eigenvalue weighted by molar-refractivity contribution is 7.17. The van der Waals surface area contributed by atoms with Gasteiger partial charge >= 0.3 is 0 Å². The Hall–Kier alpha value is -2.81. The molecule has 0 aliphatic rings. The van der Waals surface area contributed by atoms with Gasteiger partial charge in [-0.25, -0.2) is 9.97 Å². The maximum Gasteiger partial charge on any atom is 0.263 e. The standard InChI is InChI=1S/C20H19ClN4O3S/c1-11(26)10-23-19(28)18-17(14-5-3-4-6-15(14)21)25-20(29-18)13-7-8-22-16(9-13)24-12(2)27/h3-9,11,26H,10H2,1-2H3,(H,23,28)(H,22,24,27)/t11-/m1/s1. The Morgan fingerprint density at radius 3 is 2.72 bits per heavy atom. The van der Waals surface area contributed by atoms with Gasteiger partial charge in [0.25, 0.3) is 5.91 Å². The van der Waals surface area contributed by atoms with Gasteiger partial charge in [0.2, 0.25) is 5.91 Å². The van der Waals surface area contributed by atoms with Gasteiger partial charge < -0.3 is 15.7 Å². The van der Waals surface area contributed by atoms with E-state index in [1.165, 1.54) is 18.3 Å². The van der Waals surface area contributed by atoms with E-state index in [2.05, 4.69) is 20.6 Å². The van der Waals surface area contributed by atoms with Gasteiger partial charge in [0.05, 0.1) is 16.8 Å². The van der Waals surface area contributed by atoms with Crippen LogP contribution in [0, 0.1) is 0 Å². The van der Waals surface area contributed by atoms with Crippen molar-refractivity contribution in [1.29, 1.82) is 0 Å². The Morgan fingerprint density at radius 1 is 1.28 bits per heavy atom. The van der Waals surface area contributed by atoms with Crippen molar-refractivity contribution in [3.8, 4) is 21.8 Å². The molecule has 2 amide bonds. The van der Waals surface area contributed by atoms with Crippen LogP contribution < -0.4 is 10.6 Å². The van der Waals surface area contributed by atoms with Crippen LogP contribution in [0.5, 0.6) is 0 Å². The van der Waals surface area contributed by atoms with Crippen LogP contribution >= 0.6 is 22.9 Å². The van der Waals surface area contributed by atoms with Crippen molar-refractivity contribution in [3.05, 3.63) is 52.5 Å². The van der Waals surface area contributed by atoms with Crippen LogP contribution in [0.1, 0.15) is 23.5 Å². The Bertz CT molecular complexity index is 1050. The second-order valence-electron chi connectivity index (χ2n) is 6.35. The summed E-state index contributed by atoms with van der Waals surface area (Å²) in [5.41, 5.74) is 1.79. The van der Waals surface area contributed by atoms with E-state index in [0.29, 0.717) is 37.5 Å². The van der Waals surface area contributed by atoms with Gasteiger partial charge in [0.1, 0.15) is 15.7 Å². The Kier molecular flexibility index (Phi) is 6.58. The summed E-state index contributed by atoms with van der Waals surface area (Å²) in [6.07, 6.45) is 0.889. The SMILES string of the molecule is CC(=O)Nc1cc(-c2nc(-c3ccccc3Cl)c(C(=O)NC[C@@H](C)O)s2)ccn1. The van der Waals surface area contributed by atoms with Crippen molar-refractivity contribution in [2.45, 2.75) is 20.0 Å². The summed E-state index contributed by atoms with van der Waals surface area (Å²) in [5, 5.41) is 15.9. The molecule has 0 aliphatic heterocycles. The molecule has 3 N–H and O–H groups in total. The van der Waals surface area contributed by atoms with E-state index in [-0.39, 0.29) is 18.4 Å². The number of nitrogens with one attached hydrogen (secondary N) is 2. The van der Waals surface area contributed by atoms with Crippen molar-refractivity contribution in [3.63, 3.8) is 0 Å². The number of carbonyl (C=O) groups excluding carboxylic acids is 2. The number of nitrogens with zero attached hydrogens (tertiary/aromatic N) is 2. The summed E-state index contributed by atoms with van der Waals surface area (Å²) >= 11 is 7.54. The number of anilines is 1. The minimum absolute atomic E-state index is 0.121. The van der Waals surface area contributed by atoms with E-state index >= 15 is 0 Å². The van der Waals surface area contributed by atoms with Crippen molar-refractivity contribution >= 4 is 40.6 Å². The summed E-state index contributed by atoms with van der Waals surface area (Å²) in [6, 6.07) is 10.6. The molecule has 9 heteroatoms. The first-order valence-electron chi connectivity index (χ1n) is 8.81. The van der Waals surface area contributed by atoms with Gasteiger partial charge in [-0.05, 0) is 25.1 Å². The summed E-state index contributed by atoms with van der Waals surface area (Å²) in [7, 11) is 0. The lowest BCUT2D eigenvalue weighted by atomic mass is 10.1. The molecule has 29 heavy (non-hydrogen) atoms. The highest BCUT2D eigenvalue weighted by Crippen LogP contribution is 2.37. The Morgan fingerprint density at radius 2 is 2.03 bits per heavy atom. The lowest BCUT2D eigenvalue weighted by Gasteiger charge is -2.07. The average molecular weight is 431 g/mol. The van der Waals surface area contributed by atoms with Crippen LogP contribution in [-0.4, -0.2) is 39.5 Å². The van der Waals surface area contributed by atoms with Crippen molar-refractivity contribution in [2.75, 3.05) is 11.9 Å². The number of hydrogen-bond donors (Lipinski definition) is 3. The first-order valence-corrected chi connectivity index (χ1v) is 10.0. The zero-order valence-electron chi connectivity index (χ0n) is 15.8. The first-order chi connectivity index (χ1) is 13.8. The molecular formula is C20H19ClN4O3S. The minimum Gasteiger partial charge on any atom is -0.392 e. The Balaban J connectivity index is 2.06. The molecule has 0 unspecified atom stereocenters.